The van der Waals surface area contributed by atoms with Gasteiger partial charge in [0.05, 0.1) is 11.9 Å². The average Bonchev–Trinajstić information content (AvgIpc) is 3.05. The molecule has 0 bridgehead atoms. The molecule has 2 aromatic rings. The van der Waals surface area contributed by atoms with Gasteiger partial charge >= 0.3 is 0 Å². The van der Waals surface area contributed by atoms with Gasteiger partial charge in [-0.3, -0.25) is 9.89 Å². The number of H-pyrrole nitrogens is 1. The summed E-state index contributed by atoms with van der Waals surface area (Å²) in [6.07, 6.45) is 7.70. The molecule has 3 rings (SSSR count). The minimum absolute atomic E-state index is 0.255. The summed E-state index contributed by atoms with van der Waals surface area (Å²) in [5.74, 6) is -0.255. The van der Waals surface area contributed by atoms with Crippen molar-refractivity contribution >= 4 is 12.1 Å². The quantitative estimate of drug-likeness (QED) is 0.654. The summed E-state index contributed by atoms with van der Waals surface area (Å²) in [4.78, 5) is 12.1. The topological polar surface area (TPSA) is 75.1 Å². The molecule has 2 aromatic heterocycles. The molecule has 0 atom stereocenters. The van der Waals surface area contributed by atoms with E-state index in [0.717, 1.165) is 42.6 Å². The number of hydrogen-bond acceptors (Lipinski definition) is 3. The SMILES string of the molecule is Cn1cccc1/C=N/NC(=O)c1n[nH]c2c1CCCC2. The Morgan fingerprint density at radius 1 is 1.50 bits per heavy atom. The Bertz CT molecular complexity index is 652. The van der Waals surface area contributed by atoms with E-state index in [9.17, 15) is 4.79 Å². The van der Waals surface area contributed by atoms with E-state index >= 15 is 0 Å². The summed E-state index contributed by atoms with van der Waals surface area (Å²) in [5.41, 5.74) is 6.07. The highest BCUT2D eigenvalue weighted by Gasteiger charge is 2.21. The lowest BCUT2D eigenvalue weighted by atomic mass is 9.96. The van der Waals surface area contributed by atoms with Crippen LogP contribution in [0.3, 0.4) is 0 Å². The van der Waals surface area contributed by atoms with Crippen LogP contribution in [-0.4, -0.2) is 26.9 Å². The summed E-state index contributed by atoms with van der Waals surface area (Å²) in [7, 11) is 1.92. The Balaban J connectivity index is 1.69. The molecule has 104 valence electrons. The second-order valence-electron chi connectivity index (χ2n) is 4.98. The average molecular weight is 271 g/mol. The van der Waals surface area contributed by atoms with Gasteiger partial charge < -0.3 is 4.57 Å². The number of aryl methyl sites for hydroxylation is 2. The van der Waals surface area contributed by atoms with Crippen LogP contribution >= 0.6 is 0 Å². The number of fused-ring (bicyclic) bond motifs is 1. The molecule has 6 heteroatoms. The van der Waals surface area contributed by atoms with E-state index in [0.29, 0.717) is 5.69 Å². The number of hydrogen-bond donors (Lipinski definition) is 2. The molecular weight excluding hydrogens is 254 g/mol. The highest BCUT2D eigenvalue weighted by Crippen LogP contribution is 2.21. The third-order valence-electron chi connectivity index (χ3n) is 3.62. The van der Waals surface area contributed by atoms with Crippen molar-refractivity contribution in [3.8, 4) is 0 Å². The van der Waals surface area contributed by atoms with Crippen LogP contribution in [0.1, 0.15) is 40.3 Å². The van der Waals surface area contributed by atoms with Crippen molar-refractivity contribution < 1.29 is 4.79 Å². The second kappa shape index (κ2) is 5.32. The Labute approximate surface area is 116 Å². The summed E-state index contributed by atoms with van der Waals surface area (Å²) in [6.45, 7) is 0. The van der Waals surface area contributed by atoms with E-state index in [1.807, 2.05) is 29.9 Å². The van der Waals surface area contributed by atoms with Crippen LogP contribution in [0, 0.1) is 0 Å². The smallest absolute Gasteiger partial charge is 0.292 e. The van der Waals surface area contributed by atoms with Gasteiger partial charge in [-0.1, -0.05) is 0 Å². The third kappa shape index (κ3) is 2.36. The van der Waals surface area contributed by atoms with Crippen molar-refractivity contribution in [2.75, 3.05) is 0 Å². The van der Waals surface area contributed by atoms with E-state index < -0.39 is 0 Å². The number of aromatic amines is 1. The van der Waals surface area contributed by atoms with Gasteiger partial charge in [0.2, 0.25) is 0 Å². The van der Waals surface area contributed by atoms with Crippen molar-refractivity contribution in [2.24, 2.45) is 12.1 Å². The van der Waals surface area contributed by atoms with Crippen LogP contribution < -0.4 is 5.43 Å². The molecule has 0 saturated heterocycles. The largest absolute Gasteiger partial charge is 0.350 e. The molecule has 20 heavy (non-hydrogen) atoms. The number of nitrogens with one attached hydrogen (secondary N) is 2. The maximum Gasteiger partial charge on any atom is 0.292 e. The summed E-state index contributed by atoms with van der Waals surface area (Å²) in [5, 5.41) is 11.0. The zero-order valence-electron chi connectivity index (χ0n) is 11.4. The fourth-order valence-corrected chi connectivity index (χ4v) is 2.49. The van der Waals surface area contributed by atoms with Crippen molar-refractivity contribution in [3.05, 3.63) is 41.0 Å². The van der Waals surface area contributed by atoms with Gasteiger partial charge in [0, 0.05) is 24.5 Å². The Kier molecular flexibility index (Phi) is 3.37. The fraction of sp³-hybridized carbons (Fsp3) is 0.357. The molecule has 0 fully saturated rings. The van der Waals surface area contributed by atoms with Crippen LogP contribution in [0.25, 0.3) is 0 Å². The zero-order valence-corrected chi connectivity index (χ0v) is 11.4. The first kappa shape index (κ1) is 12.7. The van der Waals surface area contributed by atoms with Crippen LogP contribution in [0.4, 0.5) is 0 Å². The summed E-state index contributed by atoms with van der Waals surface area (Å²) < 4.78 is 1.92. The standard InChI is InChI=1S/C14H17N5O/c1-19-8-4-5-10(19)9-15-18-14(20)13-11-6-2-3-7-12(11)16-17-13/h4-5,8-9H,2-3,6-7H2,1H3,(H,16,17)(H,18,20)/b15-9+. The predicted molar refractivity (Wildman–Crippen MR) is 75.7 cm³/mol. The van der Waals surface area contributed by atoms with E-state index in [1.54, 1.807) is 6.21 Å². The van der Waals surface area contributed by atoms with Crippen LogP contribution in [0.5, 0.6) is 0 Å². The third-order valence-corrected chi connectivity index (χ3v) is 3.62. The summed E-state index contributed by atoms with van der Waals surface area (Å²) >= 11 is 0. The lowest BCUT2D eigenvalue weighted by Crippen LogP contribution is -2.20. The van der Waals surface area contributed by atoms with Crippen molar-refractivity contribution in [2.45, 2.75) is 25.7 Å². The van der Waals surface area contributed by atoms with Gasteiger partial charge in [-0.25, -0.2) is 5.43 Å². The number of hydrazone groups is 1. The molecule has 0 radical (unpaired) electrons. The number of aromatic nitrogens is 3. The second-order valence-corrected chi connectivity index (χ2v) is 4.98. The number of carbonyl (C=O) groups is 1. The minimum atomic E-state index is -0.255. The van der Waals surface area contributed by atoms with Gasteiger partial charge in [0.1, 0.15) is 0 Å². The van der Waals surface area contributed by atoms with Crippen molar-refractivity contribution in [1.29, 1.82) is 0 Å². The van der Waals surface area contributed by atoms with Gasteiger partial charge in [-0.05, 0) is 37.8 Å². The van der Waals surface area contributed by atoms with Gasteiger partial charge in [-0.2, -0.15) is 10.2 Å². The normalized spacial score (nSPS) is 14.4. The highest BCUT2D eigenvalue weighted by molar-refractivity contribution is 5.94. The maximum absolute atomic E-state index is 12.1. The molecule has 2 heterocycles. The molecule has 1 aliphatic rings. The van der Waals surface area contributed by atoms with Crippen molar-refractivity contribution in [1.82, 2.24) is 20.2 Å². The minimum Gasteiger partial charge on any atom is -0.350 e. The first-order chi connectivity index (χ1) is 9.75. The Morgan fingerprint density at radius 3 is 3.15 bits per heavy atom. The first-order valence-corrected chi connectivity index (χ1v) is 6.76. The Morgan fingerprint density at radius 2 is 2.35 bits per heavy atom. The molecule has 0 aromatic carbocycles. The molecule has 0 spiro atoms. The van der Waals surface area contributed by atoms with Crippen LogP contribution in [0.15, 0.2) is 23.4 Å². The molecule has 0 aliphatic heterocycles. The van der Waals surface area contributed by atoms with E-state index in [1.165, 1.54) is 0 Å². The van der Waals surface area contributed by atoms with Crippen molar-refractivity contribution in [3.63, 3.8) is 0 Å². The molecule has 1 amide bonds. The number of nitrogens with zero attached hydrogens (tertiary/aromatic N) is 3. The van der Waals surface area contributed by atoms with Crippen LogP contribution in [0.2, 0.25) is 0 Å². The molecule has 6 nitrogen and oxygen atoms in total. The molecule has 0 unspecified atom stereocenters. The first-order valence-electron chi connectivity index (χ1n) is 6.76. The molecule has 0 saturated carbocycles. The van der Waals surface area contributed by atoms with E-state index in [4.69, 9.17) is 0 Å². The maximum atomic E-state index is 12.1. The molecule has 2 N–H and O–H groups in total. The lowest BCUT2D eigenvalue weighted by Gasteiger charge is -2.10. The van der Waals surface area contributed by atoms with Gasteiger partial charge in [0.25, 0.3) is 5.91 Å². The monoisotopic (exact) mass is 271 g/mol. The Hall–Kier alpha value is -2.37. The van der Waals surface area contributed by atoms with E-state index in [-0.39, 0.29) is 5.91 Å². The predicted octanol–water partition coefficient (Wildman–Crippen LogP) is 1.39. The number of amides is 1. The highest BCUT2D eigenvalue weighted by atomic mass is 16.2. The van der Waals surface area contributed by atoms with E-state index in [2.05, 4.69) is 20.7 Å². The van der Waals surface area contributed by atoms with Gasteiger partial charge in [0.15, 0.2) is 5.69 Å². The van der Waals surface area contributed by atoms with Crippen LogP contribution in [-0.2, 0) is 19.9 Å². The number of carbonyl (C=O) groups excluding carboxylic acids is 1. The van der Waals surface area contributed by atoms with Gasteiger partial charge in [-0.15, -0.1) is 0 Å². The lowest BCUT2D eigenvalue weighted by molar-refractivity contribution is 0.0949. The number of rotatable bonds is 3. The molecular formula is C14H17N5O. The fourth-order valence-electron chi connectivity index (χ4n) is 2.49. The zero-order chi connectivity index (χ0) is 13.9. The molecule has 1 aliphatic carbocycles. The summed E-state index contributed by atoms with van der Waals surface area (Å²) in [6, 6.07) is 3.85.